The molecule has 3 aliphatic rings. The van der Waals surface area contributed by atoms with E-state index in [1.807, 2.05) is 6.07 Å². The molecule has 1 atom stereocenters. The van der Waals surface area contributed by atoms with Crippen molar-refractivity contribution in [2.75, 3.05) is 26.8 Å². The molecule has 6 heteroatoms. The number of aryl methyl sites for hydroxylation is 1. The summed E-state index contributed by atoms with van der Waals surface area (Å²) in [7, 11) is 1.72. The summed E-state index contributed by atoms with van der Waals surface area (Å²) in [5.41, 5.74) is 2.62. The summed E-state index contributed by atoms with van der Waals surface area (Å²) in [6, 6.07) is 6.17. The van der Waals surface area contributed by atoms with Gasteiger partial charge in [0.25, 0.3) is 5.91 Å². The van der Waals surface area contributed by atoms with Gasteiger partial charge in [0.2, 0.25) is 0 Å². The fraction of sp³-hybridized carbons (Fsp3) is 0.579. The van der Waals surface area contributed by atoms with Crippen LogP contribution in [0.15, 0.2) is 18.2 Å². The van der Waals surface area contributed by atoms with E-state index >= 15 is 0 Å². The van der Waals surface area contributed by atoms with Crippen molar-refractivity contribution in [3.63, 3.8) is 0 Å². The lowest BCUT2D eigenvalue weighted by Gasteiger charge is -2.45. The first kappa shape index (κ1) is 16.5. The summed E-state index contributed by atoms with van der Waals surface area (Å²) in [5.74, 6) is 0.691. The first-order valence-electron chi connectivity index (χ1n) is 9.25. The van der Waals surface area contributed by atoms with Gasteiger partial charge in [0, 0.05) is 32.2 Å². The minimum atomic E-state index is -0.0714. The number of amides is 1. The van der Waals surface area contributed by atoms with Gasteiger partial charge in [-0.3, -0.25) is 14.8 Å². The third kappa shape index (κ3) is 3.41. The van der Waals surface area contributed by atoms with E-state index in [1.54, 1.807) is 7.11 Å². The lowest BCUT2D eigenvalue weighted by molar-refractivity contribution is 0.0294. The Kier molecular flexibility index (Phi) is 4.72. The van der Waals surface area contributed by atoms with Crippen LogP contribution in [0.5, 0.6) is 0 Å². The Morgan fingerprint density at radius 1 is 1.40 bits per heavy atom. The maximum atomic E-state index is 12.8. The zero-order valence-corrected chi connectivity index (χ0v) is 14.8. The molecule has 0 spiro atoms. The third-order valence-electron chi connectivity index (χ3n) is 5.60. The number of carbonyl (C=O) groups excluding carboxylic acids is 1. The van der Waals surface area contributed by atoms with Gasteiger partial charge in [0.15, 0.2) is 5.69 Å². The van der Waals surface area contributed by atoms with Crippen LogP contribution >= 0.6 is 0 Å². The number of rotatable bonds is 6. The van der Waals surface area contributed by atoms with Crippen molar-refractivity contribution in [2.45, 2.75) is 38.3 Å². The van der Waals surface area contributed by atoms with Crippen LogP contribution in [0.25, 0.3) is 10.9 Å². The van der Waals surface area contributed by atoms with Crippen molar-refractivity contribution in [3.05, 3.63) is 29.5 Å². The zero-order valence-electron chi connectivity index (χ0n) is 14.8. The molecular weight excluding hydrogens is 316 g/mol. The average molecular weight is 342 g/mol. The van der Waals surface area contributed by atoms with Gasteiger partial charge in [-0.25, -0.2) is 0 Å². The average Bonchev–Trinajstić information content (AvgIpc) is 3.06. The van der Waals surface area contributed by atoms with Crippen molar-refractivity contribution in [1.29, 1.82) is 0 Å². The Morgan fingerprint density at radius 3 is 2.96 bits per heavy atom. The number of nitrogens with one attached hydrogen (secondary N) is 2. The minimum Gasteiger partial charge on any atom is -0.385 e. The highest BCUT2D eigenvalue weighted by Gasteiger charge is 2.34. The monoisotopic (exact) mass is 342 g/mol. The third-order valence-corrected chi connectivity index (χ3v) is 5.60. The van der Waals surface area contributed by atoms with Crippen LogP contribution in [0, 0.1) is 5.92 Å². The number of aromatic nitrogens is 2. The number of benzene rings is 1. The molecule has 0 unspecified atom stereocenters. The molecule has 5 rings (SSSR count). The second-order valence-corrected chi connectivity index (χ2v) is 7.25. The highest BCUT2D eigenvalue weighted by molar-refractivity contribution is 6.04. The molecule has 0 aliphatic carbocycles. The first-order valence-corrected chi connectivity index (χ1v) is 9.25. The number of aromatic amines is 1. The summed E-state index contributed by atoms with van der Waals surface area (Å²) in [6.07, 6.45) is 5.67. The van der Waals surface area contributed by atoms with E-state index in [4.69, 9.17) is 4.74 Å². The molecule has 2 N–H and O–H groups in total. The largest absolute Gasteiger partial charge is 0.385 e. The van der Waals surface area contributed by atoms with Crippen molar-refractivity contribution in [2.24, 2.45) is 5.92 Å². The molecule has 2 aromatic rings. The van der Waals surface area contributed by atoms with Crippen LogP contribution in [0.3, 0.4) is 0 Å². The minimum absolute atomic E-state index is 0.0714. The van der Waals surface area contributed by atoms with E-state index in [0.29, 0.717) is 5.69 Å². The van der Waals surface area contributed by atoms with Crippen LogP contribution in [0.2, 0.25) is 0 Å². The summed E-state index contributed by atoms with van der Waals surface area (Å²) in [5, 5.41) is 11.4. The molecule has 0 saturated carbocycles. The second-order valence-electron chi connectivity index (χ2n) is 7.25. The molecule has 3 saturated heterocycles. The van der Waals surface area contributed by atoms with E-state index < -0.39 is 0 Å². The van der Waals surface area contributed by atoms with Crippen LogP contribution in [-0.2, 0) is 11.2 Å². The molecule has 134 valence electrons. The number of piperidine rings is 3. The maximum absolute atomic E-state index is 12.8. The van der Waals surface area contributed by atoms with Gasteiger partial charge in [-0.1, -0.05) is 6.07 Å². The van der Waals surface area contributed by atoms with Crippen molar-refractivity contribution in [3.8, 4) is 0 Å². The number of nitrogens with zero attached hydrogens (tertiary/aromatic N) is 2. The molecule has 3 aliphatic heterocycles. The maximum Gasteiger partial charge on any atom is 0.273 e. The Labute approximate surface area is 147 Å². The van der Waals surface area contributed by atoms with E-state index in [1.165, 1.54) is 18.4 Å². The SMILES string of the molecule is COCCCc1ccc2[nH]nc(C(=O)N[C@H]3CC4CCN3CC4)c2c1. The van der Waals surface area contributed by atoms with Gasteiger partial charge in [0.05, 0.1) is 11.7 Å². The van der Waals surface area contributed by atoms with Gasteiger partial charge < -0.3 is 10.1 Å². The number of carbonyl (C=O) groups is 1. The Hall–Kier alpha value is -1.92. The fourth-order valence-corrected chi connectivity index (χ4v) is 4.15. The number of hydrogen-bond acceptors (Lipinski definition) is 4. The van der Waals surface area contributed by atoms with E-state index in [0.717, 1.165) is 55.8 Å². The summed E-state index contributed by atoms with van der Waals surface area (Å²) in [6.45, 7) is 2.94. The van der Waals surface area contributed by atoms with Gasteiger partial charge >= 0.3 is 0 Å². The number of hydrogen-bond donors (Lipinski definition) is 2. The Balaban J connectivity index is 1.49. The normalized spacial score (nSPS) is 25.4. The highest BCUT2D eigenvalue weighted by atomic mass is 16.5. The number of H-pyrrole nitrogens is 1. The van der Waals surface area contributed by atoms with Crippen LogP contribution in [-0.4, -0.2) is 54.0 Å². The first-order chi connectivity index (χ1) is 12.2. The predicted molar refractivity (Wildman–Crippen MR) is 96.5 cm³/mol. The topological polar surface area (TPSA) is 70.2 Å². The molecular formula is C19H26N4O2. The number of ether oxygens (including phenoxy) is 1. The van der Waals surface area contributed by atoms with Crippen molar-refractivity contribution < 1.29 is 9.53 Å². The van der Waals surface area contributed by atoms with Gasteiger partial charge in [0.1, 0.15) is 0 Å². The zero-order chi connectivity index (χ0) is 17.2. The second kappa shape index (κ2) is 7.14. The quantitative estimate of drug-likeness (QED) is 0.791. The molecule has 4 heterocycles. The van der Waals surface area contributed by atoms with Gasteiger partial charge in [-0.15, -0.1) is 0 Å². The summed E-state index contributed by atoms with van der Waals surface area (Å²) >= 11 is 0. The lowest BCUT2D eigenvalue weighted by atomic mass is 9.86. The van der Waals surface area contributed by atoms with Crippen molar-refractivity contribution in [1.82, 2.24) is 20.4 Å². The van der Waals surface area contributed by atoms with Crippen LogP contribution in [0.1, 0.15) is 41.7 Å². The predicted octanol–water partition coefficient (Wildman–Crippen LogP) is 2.31. The van der Waals surface area contributed by atoms with E-state index in [9.17, 15) is 4.79 Å². The van der Waals surface area contributed by atoms with Gasteiger partial charge in [-0.2, -0.15) is 5.10 Å². The molecule has 1 aromatic carbocycles. The lowest BCUT2D eigenvalue weighted by Crippen LogP contribution is -2.56. The molecule has 25 heavy (non-hydrogen) atoms. The molecule has 1 aromatic heterocycles. The molecule has 6 nitrogen and oxygen atoms in total. The molecule has 0 radical (unpaired) electrons. The Morgan fingerprint density at radius 2 is 2.24 bits per heavy atom. The highest BCUT2D eigenvalue weighted by Crippen LogP contribution is 2.30. The Bertz CT molecular complexity index is 749. The number of fused-ring (bicyclic) bond motifs is 4. The summed E-state index contributed by atoms with van der Waals surface area (Å²) < 4.78 is 5.12. The summed E-state index contributed by atoms with van der Waals surface area (Å²) in [4.78, 5) is 15.2. The molecule has 2 bridgehead atoms. The van der Waals surface area contributed by atoms with E-state index in [-0.39, 0.29) is 12.1 Å². The van der Waals surface area contributed by atoms with Crippen LogP contribution < -0.4 is 5.32 Å². The number of methoxy groups -OCH3 is 1. The smallest absolute Gasteiger partial charge is 0.273 e. The van der Waals surface area contributed by atoms with Crippen molar-refractivity contribution >= 4 is 16.8 Å². The molecule has 1 amide bonds. The fourth-order valence-electron chi connectivity index (χ4n) is 4.15. The van der Waals surface area contributed by atoms with Gasteiger partial charge in [-0.05, 0) is 55.7 Å². The van der Waals surface area contributed by atoms with E-state index in [2.05, 4.69) is 32.5 Å². The molecule has 3 fully saturated rings. The standard InChI is InChI=1S/C19H26N4O2/c1-25-10-2-3-13-4-5-16-15(11-13)18(22-21-16)19(24)20-17-12-14-6-8-23(17)9-7-14/h4-5,11,14,17H,2-3,6-10,12H2,1H3,(H,20,24)(H,21,22)/t17-/m1/s1. The van der Waals surface area contributed by atoms with Crippen LogP contribution in [0.4, 0.5) is 0 Å².